The van der Waals surface area contributed by atoms with Crippen LogP contribution in [0.15, 0.2) is 71.6 Å². The first-order valence-electron chi connectivity index (χ1n) is 12.5. The van der Waals surface area contributed by atoms with Gasteiger partial charge in [-0.2, -0.15) is 0 Å². The topological polar surface area (TPSA) is 70.2 Å². The predicted octanol–water partition coefficient (Wildman–Crippen LogP) is 4.00. The Morgan fingerprint density at radius 2 is 1.68 bits per heavy atom. The van der Waals surface area contributed by atoms with Gasteiger partial charge in [0, 0.05) is 38.4 Å². The molecule has 194 valence electrons. The van der Waals surface area contributed by atoms with Crippen molar-refractivity contribution >= 4 is 27.3 Å². The number of carbonyl (C=O) groups is 1. The standard InChI is InChI=1S/C28H30FN3O4S/c1-21-19-25(37(34,35)32-14-4-6-22-5-2-3-7-26(22)32)12-13-27(21)36-20-28(33)31-17-15-30(16-18-31)24-10-8-23(29)9-11-24/h2-3,5,7-13,19H,4,6,14-18,20H2,1H3. The van der Waals surface area contributed by atoms with Crippen LogP contribution >= 0.6 is 0 Å². The summed E-state index contributed by atoms with van der Waals surface area (Å²) in [5, 5.41) is 0. The number of nitrogens with zero attached hydrogens (tertiary/aromatic N) is 3. The highest BCUT2D eigenvalue weighted by Gasteiger charge is 2.29. The van der Waals surface area contributed by atoms with E-state index in [2.05, 4.69) is 4.90 Å². The number of rotatable bonds is 6. The maximum atomic E-state index is 13.4. The number of piperazine rings is 1. The fourth-order valence-electron chi connectivity index (χ4n) is 4.92. The third-order valence-corrected chi connectivity index (χ3v) is 8.79. The molecule has 1 fully saturated rings. The smallest absolute Gasteiger partial charge is 0.264 e. The van der Waals surface area contributed by atoms with Gasteiger partial charge < -0.3 is 14.5 Å². The Bertz CT molecular complexity index is 1390. The third-order valence-electron chi connectivity index (χ3n) is 6.98. The van der Waals surface area contributed by atoms with Gasteiger partial charge in [0.1, 0.15) is 11.6 Å². The van der Waals surface area contributed by atoms with Crippen molar-refractivity contribution in [2.75, 3.05) is 48.5 Å². The van der Waals surface area contributed by atoms with E-state index in [1.807, 2.05) is 24.3 Å². The molecule has 0 radical (unpaired) electrons. The first kappa shape index (κ1) is 25.1. The molecule has 5 rings (SSSR count). The average Bonchev–Trinajstić information content (AvgIpc) is 2.92. The molecule has 2 aliphatic rings. The largest absolute Gasteiger partial charge is 0.483 e. The van der Waals surface area contributed by atoms with Crippen LogP contribution in [0.1, 0.15) is 17.5 Å². The van der Waals surface area contributed by atoms with Gasteiger partial charge in [-0.3, -0.25) is 9.10 Å². The van der Waals surface area contributed by atoms with Crippen molar-refractivity contribution in [2.24, 2.45) is 0 Å². The van der Waals surface area contributed by atoms with E-state index in [4.69, 9.17) is 4.74 Å². The lowest BCUT2D eigenvalue weighted by Crippen LogP contribution is -2.50. The average molecular weight is 524 g/mol. The van der Waals surface area contributed by atoms with Gasteiger partial charge in [0.15, 0.2) is 6.61 Å². The van der Waals surface area contributed by atoms with E-state index in [-0.39, 0.29) is 23.2 Å². The molecule has 0 saturated carbocycles. The molecule has 3 aromatic carbocycles. The van der Waals surface area contributed by atoms with Gasteiger partial charge in [-0.25, -0.2) is 12.8 Å². The molecule has 0 aliphatic carbocycles. The zero-order valence-electron chi connectivity index (χ0n) is 20.8. The molecule has 1 saturated heterocycles. The van der Waals surface area contributed by atoms with Crippen molar-refractivity contribution in [3.8, 4) is 5.75 Å². The number of hydrogen-bond donors (Lipinski definition) is 0. The molecule has 0 spiro atoms. The fourth-order valence-corrected chi connectivity index (χ4v) is 6.54. The van der Waals surface area contributed by atoms with E-state index in [0.29, 0.717) is 44.0 Å². The summed E-state index contributed by atoms with van der Waals surface area (Å²) < 4.78 is 47.3. The summed E-state index contributed by atoms with van der Waals surface area (Å²) in [4.78, 5) is 16.8. The SMILES string of the molecule is Cc1cc(S(=O)(=O)N2CCCc3ccccc32)ccc1OCC(=O)N1CCN(c2ccc(F)cc2)CC1. The summed E-state index contributed by atoms with van der Waals surface area (Å²) >= 11 is 0. The Morgan fingerprint density at radius 1 is 0.946 bits per heavy atom. The van der Waals surface area contributed by atoms with Crippen molar-refractivity contribution in [3.63, 3.8) is 0 Å². The molecule has 0 N–H and O–H groups in total. The Balaban J connectivity index is 1.20. The minimum Gasteiger partial charge on any atom is -0.483 e. The number of fused-ring (bicyclic) bond motifs is 1. The van der Waals surface area contributed by atoms with Crippen molar-refractivity contribution in [3.05, 3.63) is 83.7 Å². The molecule has 0 bridgehead atoms. The summed E-state index contributed by atoms with van der Waals surface area (Å²) in [5.41, 5.74) is 3.35. The van der Waals surface area contributed by atoms with Gasteiger partial charge in [0.05, 0.1) is 10.6 Å². The first-order valence-corrected chi connectivity index (χ1v) is 13.9. The van der Waals surface area contributed by atoms with Gasteiger partial charge >= 0.3 is 0 Å². The van der Waals surface area contributed by atoms with Crippen LogP contribution in [0.2, 0.25) is 0 Å². The Kier molecular flexibility index (Phi) is 7.06. The molecule has 9 heteroatoms. The highest BCUT2D eigenvalue weighted by Crippen LogP contribution is 2.33. The molecular formula is C28H30FN3O4S. The number of ether oxygens (including phenoxy) is 1. The minimum absolute atomic E-state index is 0.122. The normalized spacial score (nSPS) is 15.9. The van der Waals surface area contributed by atoms with Crippen LogP contribution in [0.3, 0.4) is 0 Å². The number of halogens is 1. The second kappa shape index (κ2) is 10.4. The number of para-hydroxylation sites is 1. The van der Waals surface area contributed by atoms with Crippen LogP contribution in [0.25, 0.3) is 0 Å². The van der Waals surface area contributed by atoms with Gasteiger partial charge in [-0.05, 0) is 79.4 Å². The number of carbonyl (C=O) groups excluding carboxylic acids is 1. The lowest BCUT2D eigenvalue weighted by molar-refractivity contribution is -0.133. The Labute approximate surface area is 217 Å². The van der Waals surface area contributed by atoms with Crippen molar-refractivity contribution in [1.29, 1.82) is 0 Å². The van der Waals surface area contributed by atoms with Crippen LogP contribution in [0, 0.1) is 12.7 Å². The number of benzene rings is 3. The lowest BCUT2D eigenvalue weighted by atomic mass is 10.0. The molecular weight excluding hydrogens is 493 g/mol. The summed E-state index contributed by atoms with van der Waals surface area (Å²) in [6.07, 6.45) is 1.64. The van der Waals surface area contributed by atoms with Crippen molar-refractivity contribution < 1.29 is 22.3 Å². The van der Waals surface area contributed by atoms with Crippen LogP contribution in [-0.2, 0) is 21.2 Å². The monoisotopic (exact) mass is 523 g/mol. The number of sulfonamides is 1. The van der Waals surface area contributed by atoms with E-state index >= 15 is 0 Å². The van der Waals surface area contributed by atoms with Crippen LogP contribution < -0.4 is 13.9 Å². The number of aryl methyl sites for hydroxylation is 2. The van der Waals surface area contributed by atoms with E-state index < -0.39 is 10.0 Å². The Hall–Kier alpha value is -3.59. The van der Waals surface area contributed by atoms with Gasteiger partial charge in [-0.15, -0.1) is 0 Å². The summed E-state index contributed by atoms with van der Waals surface area (Å²) in [6, 6.07) is 18.7. The molecule has 2 heterocycles. The fraction of sp³-hybridized carbons (Fsp3) is 0.321. The quantitative estimate of drug-likeness (QED) is 0.489. The van der Waals surface area contributed by atoms with Gasteiger partial charge in [0.25, 0.3) is 15.9 Å². The van der Waals surface area contributed by atoms with E-state index in [1.54, 1.807) is 42.2 Å². The molecule has 2 aliphatic heterocycles. The van der Waals surface area contributed by atoms with E-state index in [9.17, 15) is 17.6 Å². The number of hydrogen-bond acceptors (Lipinski definition) is 5. The van der Waals surface area contributed by atoms with Crippen LogP contribution in [0.4, 0.5) is 15.8 Å². The second-order valence-electron chi connectivity index (χ2n) is 9.37. The van der Waals surface area contributed by atoms with E-state index in [1.165, 1.54) is 16.4 Å². The zero-order valence-corrected chi connectivity index (χ0v) is 21.6. The second-order valence-corrected chi connectivity index (χ2v) is 11.2. The minimum atomic E-state index is -3.72. The summed E-state index contributed by atoms with van der Waals surface area (Å²) in [6.45, 7) is 4.51. The zero-order chi connectivity index (χ0) is 26.0. The molecule has 0 atom stereocenters. The summed E-state index contributed by atoms with van der Waals surface area (Å²) in [5.74, 6) is 0.0866. The molecule has 0 aromatic heterocycles. The lowest BCUT2D eigenvalue weighted by Gasteiger charge is -2.36. The molecule has 7 nitrogen and oxygen atoms in total. The van der Waals surface area contributed by atoms with Gasteiger partial charge in [-0.1, -0.05) is 18.2 Å². The maximum Gasteiger partial charge on any atom is 0.264 e. The predicted molar refractivity (Wildman–Crippen MR) is 141 cm³/mol. The van der Waals surface area contributed by atoms with Crippen molar-refractivity contribution in [1.82, 2.24) is 4.90 Å². The molecule has 37 heavy (non-hydrogen) atoms. The number of amides is 1. The summed E-state index contributed by atoms with van der Waals surface area (Å²) in [7, 11) is -3.72. The molecule has 0 unspecified atom stereocenters. The molecule has 3 aromatic rings. The van der Waals surface area contributed by atoms with Crippen LogP contribution in [-0.4, -0.2) is 58.6 Å². The highest BCUT2D eigenvalue weighted by molar-refractivity contribution is 7.92. The number of anilines is 2. The first-order chi connectivity index (χ1) is 17.8. The van der Waals surface area contributed by atoms with E-state index in [0.717, 1.165) is 29.8 Å². The van der Waals surface area contributed by atoms with Crippen molar-refractivity contribution in [2.45, 2.75) is 24.7 Å². The molecule has 1 amide bonds. The van der Waals surface area contributed by atoms with Gasteiger partial charge in [0.2, 0.25) is 0 Å². The Morgan fingerprint density at radius 3 is 2.41 bits per heavy atom. The highest BCUT2D eigenvalue weighted by atomic mass is 32.2. The third kappa shape index (κ3) is 5.27. The maximum absolute atomic E-state index is 13.4. The van der Waals surface area contributed by atoms with Crippen LogP contribution in [0.5, 0.6) is 5.75 Å².